The van der Waals surface area contributed by atoms with E-state index in [1.54, 1.807) is 11.1 Å². The van der Waals surface area contributed by atoms with Crippen molar-refractivity contribution in [3.63, 3.8) is 0 Å². The van der Waals surface area contributed by atoms with Crippen LogP contribution in [0.15, 0.2) is 24.3 Å². The Morgan fingerprint density at radius 1 is 1.23 bits per heavy atom. The molecule has 1 aromatic rings. The van der Waals surface area contributed by atoms with E-state index in [1.807, 2.05) is 0 Å². The van der Waals surface area contributed by atoms with Gasteiger partial charge in [0.05, 0.1) is 0 Å². The van der Waals surface area contributed by atoms with Crippen LogP contribution < -0.4 is 0 Å². The summed E-state index contributed by atoms with van der Waals surface area (Å²) in [6.45, 7) is 17.6. The molecule has 0 unspecified atom stereocenters. The highest BCUT2D eigenvalue weighted by atomic mass is 28.4. The molecule has 122 valence electrons. The third-order valence-electron chi connectivity index (χ3n) is 7.37. The maximum atomic E-state index is 6.71. The molecule has 2 aliphatic carbocycles. The van der Waals surface area contributed by atoms with Crippen LogP contribution in [0.1, 0.15) is 52.2 Å². The zero-order valence-corrected chi connectivity index (χ0v) is 16.4. The van der Waals surface area contributed by atoms with Crippen molar-refractivity contribution in [2.24, 2.45) is 11.3 Å². The second-order valence-electron chi connectivity index (χ2n) is 9.48. The van der Waals surface area contributed by atoms with E-state index < -0.39 is 8.32 Å². The van der Waals surface area contributed by atoms with Crippen molar-refractivity contribution in [2.75, 3.05) is 6.61 Å². The first kappa shape index (κ1) is 16.3. The lowest BCUT2D eigenvalue weighted by atomic mass is 9.45. The summed E-state index contributed by atoms with van der Waals surface area (Å²) < 4.78 is 6.71. The summed E-state index contributed by atoms with van der Waals surface area (Å²) in [5, 5.41) is 0.290. The predicted octanol–water partition coefficient (Wildman–Crippen LogP) is 5.55. The van der Waals surface area contributed by atoms with Gasteiger partial charge in [-0.25, -0.2) is 0 Å². The van der Waals surface area contributed by atoms with Crippen LogP contribution >= 0.6 is 0 Å². The highest BCUT2D eigenvalue weighted by molar-refractivity contribution is 6.74. The number of benzene rings is 1. The van der Waals surface area contributed by atoms with E-state index in [4.69, 9.17) is 4.43 Å². The quantitative estimate of drug-likeness (QED) is 0.664. The number of hydrogen-bond acceptors (Lipinski definition) is 1. The molecule has 2 heteroatoms. The van der Waals surface area contributed by atoms with Gasteiger partial charge < -0.3 is 4.43 Å². The average Bonchev–Trinajstić information content (AvgIpc) is 2.61. The minimum Gasteiger partial charge on any atom is -0.416 e. The zero-order valence-electron chi connectivity index (χ0n) is 15.4. The second-order valence-corrected chi connectivity index (χ2v) is 14.3. The van der Waals surface area contributed by atoms with Gasteiger partial charge in [0.2, 0.25) is 0 Å². The van der Waals surface area contributed by atoms with Crippen LogP contribution in [0.25, 0.3) is 0 Å². The van der Waals surface area contributed by atoms with E-state index in [0.717, 1.165) is 12.5 Å². The molecule has 3 atom stereocenters. The molecule has 1 saturated carbocycles. The normalized spacial score (nSPS) is 34.0. The van der Waals surface area contributed by atoms with Crippen LogP contribution in [0.5, 0.6) is 0 Å². The molecular weight excluding hydrogens is 284 g/mol. The smallest absolute Gasteiger partial charge is 0.192 e. The molecule has 2 aliphatic rings. The molecule has 0 amide bonds. The van der Waals surface area contributed by atoms with Crippen LogP contribution in [-0.2, 0) is 16.3 Å². The first-order valence-corrected chi connectivity index (χ1v) is 11.7. The van der Waals surface area contributed by atoms with Gasteiger partial charge in [-0.1, -0.05) is 58.9 Å². The molecule has 3 rings (SSSR count). The standard InChI is InChI=1S/C20H32OSi/c1-15-12-19(5)17-11-9-8-10-16(17)13-20(15,19)14-21-22(6,7)18(2,3)4/h8-11,15H,12-14H2,1-7H3/t15-,19+,20-/m0/s1. The first-order chi connectivity index (χ1) is 10.0. The zero-order chi connectivity index (χ0) is 16.4. The number of rotatable bonds is 3. The molecule has 1 nitrogen and oxygen atoms in total. The molecule has 0 heterocycles. The summed E-state index contributed by atoms with van der Waals surface area (Å²) in [7, 11) is -1.68. The summed E-state index contributed by atoms with van der Waals surface area (Å²) in [4.78, 5) is 0. The van der Waals surface area contributed by atoms with Gasteiger partial charge in [-0.15, -0.1) is 0 Å². The van der Waals surface area contributed by atoms with Crippen molar-refractivity contribution in [3.05, 3.63) is 35.4 Å². The van der Waals surface area contributed by atoms with Gasteiger partial charge in [-0.2, -0.15) is 0 Å². The number of hydrogen-bond donors (Lipinski definition) is 0. The fourth-order valence-corrected chi connectivity index (χ4v) is 5.65. The molecule has 0 saturated heterocycles. The van der Waals surface area contributed by atoms with Gasteiger partial charge in [0.1, 0.15) is 0 Å². The van der Waals surface area contributed by atoms with E-state index in [9.17, 15) is 0 Å². The van der Waals surface area contributed by atoms with Crippen molar-refractivity contribution in [3.8, 4) is 0 Å². The van der Waals surface area contributed by atoms with Crippen LogP contribution in [-0.4, -0.2) is 14.9 Å². The van der Waals surface area contributed by atoms with Crippen molar-refractivity contribution in [1.29, 1.82) is 0 Å². The summed E-state index contributed by atoms with van der Waals surface area (Å²) in [6.07, 6.45) is 2.51. The van der Waals surface area contributed by atoms with Crippen LogP contribution in [0.2, 0.25) is 18.1 Å². The third-order valence-corrected chi connectivity index (χ3v) is 11.8. The van der Waals surface area contributed by atoms with E-state index in [2.05, 4.69) is 72.0 Å². The fourth-order valence-electron chi connectivity index (χ4n) is 4.60. The minimum absolute atomic E-state index is 0.290. The summed E-state index contributed by atoms with van der Waals surface area (Å²) in [5.74, 6) is 0.759. The van der Waals surface area contributed by atoms with Crippen molar-refractivity contribution < 1.29 is 4.43 Å². The van der Waals surface area contributed by atoms with E-state index in [1.165, 1.54) is 12.8 Å². The van der Waals surface area contributed by atoms with E-state index >= 15 is 0 Å². The highest BCUT2D eigenvalue weighted by Gasteiger charge is 2.65. The third kappa shape index (κ3) is 1.99. The maximum Gasteiger partial charge on any atom is 0.192 e. The first-order valence-electron chi connectivity index (χ1n) is 8.76. The minimum atomic E-state index is -1.68. The molecule has 0 bridgehead atoms. The number of fused-ring (bicyclic) bond motifs is 3. The van der Waals surface area contributed by atoms with Gasteiger partial charge in [0.25, 0.3) is 0 Å². The Morgan fingerprint density at radius 3 is 2.45 bits per heavy atom. The maximum absolute atomic E-state index is 6.71. The topological polar surface area (TPSA) is 9.23 Å². The molecule has 0 spiro atoms. The lowest BCUT2D eigenvalue weighted by molar-refractivity contribution is -0.0855. The lowest BCUT2D eigenvalue weighted by Gasteiger charge is -2.60. The van der Waals surface area contributed by atoms with Gasteiger partial charge in [-0.3, -0.25) is 0 Å². The Kier molecular flexibility index (Phi) is 3.48. The van der Waals surface area contributed by atoms with Gasteiger partial charge >= 0.3 is 0 Å². The SMILES string of the molecule is C[C@H]1C[C@]2(C)c3ccccc3C[C@]12CO[Si](C)(C)C(C)(C)C. The summed E-state index contributed by atoms with van der Waals surface area (Å²) in [5.41, 5.74) is 3.80. The van der Waals surface area contributed by atoms with Crippen LogP contribution in [0, 0.1) is 11.3 Å². The molecule has 0 aliphatic heterocycles. The van der Waals surface area contributed by atoms with E-state index in [0.29, 0.717) is 15.9 Å². The Labute approximate surface area is 137 Å². The summed E-state index contributed by atoms with van der Waals surface area (Å²) >= 11 is 0. The van der Waals surface area contributed by atoms with Crippen LogP contribution in [0.3, 0.4) is 0 Å². The second kappa shape index (κ2) is 4.70. The molecule has 1 fully saturated rings. The average molecular weight is 317 g/mol. The van der Waals surface area contributed by atoms with Gasteiger partial charge in [0, 0.05) is 17.4 Å². The highest BCUT2D eigenvalue weighted by Crippen LogP contribution is 2.67. The van der Waals surface area contributed by atoms with Crippen molar-refractivity contribution in [1.82, 2.24) is 0 Å². The van der Waals surface area contributed by atoms with E-state index in [-0.39, 0.29) is 0 Å². The molecular formula is C20H32OSi. The molecule has 1 aromatic carbocycles. The lowest BCUT2D eigenvalue weighted by Crippen LogP contribution is -2.60. The van der Waals surface area contributed by atoms with Crippen LogP contribution in [0.4, 0.5) is 0 Å². The summed E-state index contributed by atoms with van der Waals surface area (Å²) in [6, 6.07) is 9.09. The van der Waals surface area contributed by atoms with Crippen molar-refractivity contribution in [2.45, 2.75) is 71.0 Å². The van der Waals surface area contributed by atoms with Crippen molar-refractivity contribution >= 4 is 8.32 Å². The Bertz CT molecular complexity index is 586. The molecule has 22 heavy (non-hydrogen) atoms. The predicted molar refractivity (Wildman–Crippen MR) is 96.9 cm³/mol. The van der Waals surface area contributed by atoms with Gasteiger partial charge in [-0.05, 0) is 48.0 Å². The Balaban J connectivity index is 1.88. The fraction of sp³-hybridized carbons (Fsp3) is 0.700. The molecule has 0 N–H and O–H groups in total. The molecule has 0 radical (unpaired) electrons. The largest absolute Gasteiger partial charge is 0.416 e. The van der Waals surface area contributed by atoms with Gasteiger partial charge in [0.15, 0.2) is 8.32 Å². The Morgan fingerprint density at radius 2 is 1.86 bits per heavy atom. The molecule has 0 aromatic heterocycles. The monoisotopic (exact) mass is 316 g/mol. The Hall–Kier alpha value is -0.603.